The molecule has 3 heterocycles. The number of aryl methyl sites for hydroxylation is 1. The molecule has 2 amide bonds. The Labute approximate surface area is 201 Å². The van der Waals surface area contributed by atoms with E-state index in [2.05, 4.69) is 21.3 Å². The van der Waals surface area contributed by atoms with Crippen molar-refractivity contribution in [2.75, 3.05) is 44.2 Å². The van der Waals surface area contributed by atoms with Gasteiger partial charge in [0.2, 0.25) is 5.91 Å². The lowest BCUT2D eigenvalue weighted by Gasteiger charge is -2.39. The van der Waals surface area contributed by atoms with Gasteiger partial charge in [-0.2, -0.15) is 0 Å². The highest BCUT2D eigenvalue weighted by molar-refractivity contribution is 14.0. The molecule has 0 saturated carbocycles. The number of nitrogens with one attached hydrogen (secondary N) is 1. The van der Waals surface area contributed by atoms with Crippen LogP contribution in [-0.4, -0.2) is 78.7 Å². The Hall–Kier alpha value is -2.04. The van der Waals surface area contributed by atoms with Gasteiger partial charge in [0.15, 0.2) is 5.96 Å². The zero-order valence-corrected chi connectivity index (χ0v) is 20.8. The smallest absolute Gasteiger partial charge is 0.410 e. The molecule has 0 spiro atoms. The number of para-hydroxylation sites is 1. The summed E-state index contributed by atoms with van der Waals surface area (Å²) in [6, 6.07) is 8.24. The Morgan fingerprint density at radius 2 is 1.97 bits per heavy atom. The van der Waals surface area contributed by atoms with Gasteiger partial charge >= 0.3 is 6.09 Å². The SMILES string of the molecule is CC(C)(C)OC(=O)N1CCN2C(NCC(=O)N3CCCc4ccccc43)=NCC2C1.I. The van der Waals surface area contributed by atoms with Gasteiger partial charge < -0.3 is 24.8 Å². The van der Waals surface area contributed by atoms with Gasteiger partial charge in [-0.05, 0) is 45.2 Å². The quantitative estimate of drug-likeness (QED) is 0.583. The molecule has 1 fully saturated rings. The average molecular weight is 541 g/mol. The third-order valence-electron chi connectivity index (χ3n) is 5.67. The van der Waals surface area contributed by atoms with Crippen LogP contribution in [0.2, 0.25) is 0 Å². The number of halogens is 1. The molecule has 1 N–H and O–H groups in total. The first kappa shape index (κ1) is 23.6. The predicted octanol–water partition coefficient (Wildman–Crippen LogP) is 2.46. The molecular weight excluding hydrogens is 509 g/mol. The summed E-state index contributed by atoms with van der Waals surface area (Å²) in [5, 5.41) is 3.24. The van der Waals surface area contributed by atoms with E-state index in [0.717, 1.165) is 31.0 Å². The molecule has 1 aromatic carbocycles. The first-order valence-corrected chi connectivity index (χ1v) is 10.7. The van der Waals surface area contributed by atoms with Gasteiger partial charge in [0, 0.05) is 31.9 Å². The van der Waals surface area contributed by atoms with Crippen molar-refractivity contribution in [3.05, 3.63) is 29.8 Å². The Kier molecular flexibility index (Phi) is 7.33. The monoisotopic (exact) mass is 541 g/mol. The molecule has 0 aromatic heterocycles. The number of amides is 2. The normalized spacial score (nSPS) is 20.3. The summed E-state index contributed by atoms with van der Waals surface area (Å²) in [5.41, 5.74) is 1.75. The van der Waals surface area contributed by atoms with Crippen molar-refractivity contribution in [3.8, 4) is 0 Å². The molecule has 0 aliphatic carbocycles. The fourth-order valence-electron chi connectivity index (χ4n) is 4.27. The van der Waals surface area contributed by atoms with E-state index in [9.17, 15) is 9.59 Å². The van der Waals surface area contributed by atoms with Gasteiger partial charge in [-0.3, -0.25) is 9.79 Å². The van der Waals surface area contributed by atoms with Crippen LogP contribution in [0, 0.1) is 0 Å². The summed E-state index contributed by atoms with van der Waals surface area (Å²) in [5.74, 6) is 0.808. The van der Waals surface area contributed by atoms with E-state index in [1.54, 1.807) is 4.90 Å². The Balaban J connectivity index is 0.00000272. The number of nitrogens with zero attached hydrogens (tertiary/aromatic N) is 4. The second kappa shape index (κ2) is 9.62. The Morgan fingerprint density at radius 1 is 1.19 bits per heavy atom. The predicted molar refractivity (Wildman–Crippen MR) is 131 cm³/mol. The summed E-state index contributed by atoms with van der Waals surface area (Å²) in [4.78, 5) is 35.6. The molecule has 1 aromatic rings. The van der Waals surface area contributed by atoms with Crippen LogP contribution in [-0.2, 0) is 16.0 Å². The minimum absolute atomic E-state index is 0. The van der Waals surface area contributed by atoms with Crippen LogP contribution in [0.25, 0.3) is 0 Å². The molecule has 170 valence electrons. The number of aliphatic imine (C=N–C) groups is 1. The number of fused-ring (bicyclic) bond motifs is 2. The first-order valence-electron chi connectivity index (χ1n) is 10.7. The molecule has 3 aliphatic heterocycles. The largest absolute Gasteiger partial charge is 0.444 e. The minimum Gasteiger partial charge on any atom is -0.444 e. The molecule has 0 bridgehead atoms. The molecular formula is C22H32IN5O3. The number of benzene rings is 1. The number of carbonyl (C=O) groups excluding carboxylic acids is 2. The zero-order chi connectivity index (χ0) is 21.3. The van der Waals surface area contributed by atoms with E-state index in [-0.39, 0.29) is 48.6 Å². The van der Waals surface area contributed by atoms with Gasteiger partial charge in [-0.15, -0.1) is 24.0 Å². The van der Waals surface area contributed by atoms with E-state index in [1.807, 2.05) is 43.9 Å². The molecule has 9 heteroatoms. The Bertz CT molecular complexity index is 854. The number of rotatable bonds is 2. The number of anilines is 1. The topological polar surface area (TPSA) is 77.5 Å². The van der Waals surface area contributed by atoms with Crippen molar-refractivity contribution in [1.82, 2.24) is 15.1 Å². The number of ether oxygens (including phenoxy) is 1. The second-order valence-electron chi connectivity index (χ2n) is 9.07. The molecule has 31 heavy (non-hydrogen) atoms. The molecule has 1 unspecified atom stereocenters. The highest BCUT2D eigenvalue weighted by atomic mass is 127. The first-order chi connectivity index (χ1) is 14.3. The molecule has 4 rings (SSSR count). The van der Waals surface area contributed by atoms with Crippen molar-refractivity contribution in [3.63, 3.8) is 0 Å². The van der Waals surface area contributed by atoms with Crippen LogP contribution < -0.4 is 10.2 Å². The van der Waals surface area contributed by atoms with Crippen molar-refractivity contribution in [2.24, 2.45) is 4.99 Å². The third kappa shape index (κ3) is 5.42. The summed E-state index contributed by atoms with van der Waals surface area (Å²) in [6.07, 6.45) is 1.73. The highest BCUT2D eigenvalue weighted by Gasteiger charge is 2.36. The van der Waals surface area contributed by atoms with Crippen LogP contribution in [0.3, 0.4) is 0 Å². The van der Waals surface area contributed by atoms with E-state index < -0.39 is 5.60 Å². The lowest BCUT2D eigenvalue weighted by atomic mass is 10.0. The average Bonchev–Trinajstić information content (AvgIpc) is 3.12. The van der Waals surface area contributed by atoms with Crippen LogP contribution in [0.4, 0.5) is 10.5 Å². The van der Waals surface area contributed by atoms with Crippen molar-refractivity contribution >= 4 is 47.6 Å². The number of carbonyl (C=O) groups is 2. The molecule has 0 radical (unpaired) electrons. The number of guanidine groups is 1. The van der Waals surface area contributed by atoms with Crippen LogP contribution >= 0.6 is 24.0 Å². The van der Waals surface area contributed by atoms with E-state index in [1.165, 1.54) is 5.56 Å². The number of piperazine rings is 1. The van der Waals surface area contributed by atoms with Gasteiger partial charge in [0.25, 0.3) is 0 Å². The lowest BCUT2D eigenvalue weighted by molar-refractivity contribution is -0.117. The second-order valence-corrected chi connectivity index (χ2v) is 9.07. The van der Waals surface area contributed by atoms with E-state index in [4.69, 9.17) is 4.74 Å². The van der Waals surface area contributed by atoms with Gasteiger partial charge in [-0.25, -0.2) is 4.79 Å². The highest BCUT2D eigenvalue weighted by Crippen LogP contribution is 2.26. The van der Waals surface area contributed by atoms with Gasteiger partial charge in [0.1, 0.15) is 5.60 Å². The summed E-state index contributed by atoms with van der Waals surface area (Å²) >= 11 is 0. The zero-order valence-electron chi connectivity index (χ0n) is 18.5. The summed E-state index contributed by atoms with van der Waals surface area (Å²) in [7, 11) is 0. The lowest BCUT2D eigenvalue weighted by Crippen LogP contribution is -2.58. The minimum atomic E-state index is -0.499. The molecule has 1 atom stereocenters. The van der Waals surface area contributed by atoms with Crippen molar-refractivity contribution in [1.29, 1.82) is 0 Å². The van der Waals surface area contributed by atoms with E-state index >= 15 is 0 Å². The number of hydrogen-bond acceptors (Lipinski definition) is 6. The third-order valence-corrected chi connectivity index (χ3v) is 5.67. The fourth-order valence-corrected chi connectivity index (χ4v) is 4.27. The maximum absolute atomic E-state index is 12.9. The van der Waals surface area contributed by atoms with Crippen LogP contribution in [0.1, 0.15) is 32.8 Å². The maximum Gasteiger partial charge on any atom is 0.410 e. The standard InChI is InChI=1S/C22H31N5O3.HI/c1-22(2,3)30-21(29)25-11-12-26-17(15-25)13-23-20(26)24-14-19(28)27-10-6-8-16-7-4-5-9-18(16)27;/h4-5,7,9,17H,6,8,10-15H2,1-3H3,(H,23,24);1H. The van der Waals surface area contributed by atoms with Crippen molar-refractivity contribution in [2.45, 2.75) is 45.3 Å². The van der Waals surface area contributed by atoms with Crippen LogP contribution in [0.15, 0.2) is 29.3 Å². The van der Waals surface area contributed by atoms with Gasteiger partial charge in [0.05, 0.1) is 19.1 Å². The fraction of sp³-hybridized carbons (Fsp3) is 0.591. The molecule has 3 aliphatic rings. The van der Waals surface area contributed by atoms with E-state index in [0.29, 0.717) is 26.2 Å². The summed E-state index contributed by atoms with van der Waals surface area (Å²) in [6.45, 7) is 9.04. The molecule has 1 saturated heterocycles. The molecule has 8 nitrogen and oxygen atoms in total. The van der Waals surface area contributed by atoms with Crippen LogP contribution in [0.5, 0.6) is 0 Å². The maximum atomic E-state index is 12.9. The van der Waals surface area contributed by atoms with Gasteiger partial charge in [-0.1, -0.05) is 18.2 Å². The Morgan fingerprint density at radius 3 is 2.74 bits per heavy atom. The number of hydrogen-bond donors (Lipinski definition) is 1. The van der Waals surface area contributed by atoms with Crippen molar-refractivity contribution < 1.29 is 14.3 Å². The summed E-state index contributed by atoms with van der Waals surface area (Å²) < 4.78 is 5.49.